The fourth-order valence-electron chi connectivity index (χ4n) is 3.53. The van der Waals surface area contributed by atoms with Gasteiger partial charge in [0.15, 0.2) is 6.29 Å². The van der Waals surface area contributed by atoms with E-state index in [1.54, 1.807) is 0 Å². The summed E-state index contributed by atoms with van der Waals surface area (Å²) < 4.78 is 0. The predicted octanol–water partition coefficient (Wildman–Crippen LogP) is 3.40. The van der Waals surface area contributed by atoms with Crippen molar-refractivity contribution >= 4 is 23.6 Å². The molecule has 1 heterocycles. The van der Waals surface area contributed by atoms with Gasteiger partial charge in [0.25, 0.3) is 0 Å². The molecule has 106 valence electrons. The molecule has 1 fully saturated rings. The predicted molar refractivity (Wildman–Crippen MR) is 81.9 cm³/mol. The Morgan fingerprint density at radius 3 is 2.90 bits per heavy atom. The lowest BCUT2D eigenvalue weighted by Gasteiger charge is -2.50. The second-order valence-corrected chi connectivity index (χ2v) is 6.15. The Balaban J connectivity index is 2.20. The zero-order valence-corrected chi connectivity index (χ0v) is 12.4. The van der Waals surface area contributed by atoms with Crippen molar-refractivity contribution in [1.82, 2.24) is 4.90 Å². The van der Waals surface area contributed by atoms with Crippen LogP contribution < -0.4 is 5.32 Å². The first kappa shape index (κ1) is 13.7. The third kappa shape index (κ3) is 1.88. The molecule has 1 aromatic carbocycles. The Bertz CT molecular complexity index is 555. The monoisotopic (exact) mass is 290 g/mol. The largest absolute Gasteiger partial charge is 0.363 e. The molecule has 0 amide bonds. The van der Waals surface area contributed by atoms with Gasteiger partial charge in [-0.2, -0.15) is 0 Å². The topological polar surface area (TPSA) is 32.3 Å². The molecule has 3 nitrogen and oxygen atoms in total. The van der Waals surface area contributed by atoms with Crippen LogP contribution >= 0.6 is 11.6 Å². The Kier molecular flexibility index (Phi) is 3.35. The highest BCUT2D eigenvalue weighted by atomic mass is 35.5. The van der Waals surface area contributed by atoms with Crippen molar-refractivity contribution in [2.24, 2.45) is 5.92 Å². The first-order chi connectivity index (χ1) is 9.63. The fraction of sp³-hybridized carbons (Fsp3) is 0.438. The average Bonchev–Trinajstić information content (AvgIpc) is 3.27. The third-order valence-electron chi connectivity index (χ3n) is 4.64. The Labute approximate surface area is 124 Å². The Morgan fingerprint density at radius 2 is 2.30 bits per heavy atom. The minimum absolute atomic E-state index is 0.168. The van der Waals surface area contributed by atoms with Gasteiger partial charge in [-0.1, -0.05) is 17.7 Å². The number of nitrogens with one attached hydrogen (secondary N) is 1. The summed E-state index contributed by atoms with van der Waals surface area (Å²) in [5, 5.41) is 4.02. The molecule has 1 saturated carbocycles. The van der Waals surface area contributed by atoms with E-state index in [2.05, 4.69) is 16.8 Å². The lowest BCUT2D eigenvalue weighted by Crippen LogP contribution is -2.57. The van der Waals surface area contributed by atoms with Gasteiger partial charge in [0.2, 0.25) is 0 Å². The molecule has 20 heavy (non-hydrogen) atoms. The molecule has 0 saturated heterocycles. The van der Waals surface area contributed by atoms with Gasteiger partial charge in [0.05, 0.1) is 5.54 Å². The average molecular weight is 291 g/mol. The van der Waals surface area contributed by atoms with E-state index in [0.717, 1.165) is 23.4 Å². The number of hydrogen-bond donors (Lipinski definition) is 1. The molecule has 1 N–H and O–H groups in total. The molecule has 1 aromatic rings. The van der Waals surface area contributed by atoms with E-state index >= 15 is 0 Å². The second-order valence-electron chi connectivity index (χ2n) is 5.72. The van der Waals surface area contributed by atoms with Crippen LogP contribution in [-0.2, 0) is 10.3 Å². The number of likely N-dealkylation sites (N-methyl/N-ethyl adjacent to an activating group) is 1. The van der Waals surface area contributed by atoms with Crippen LogP contribution in [0.3, 0.4) is 0 Å². The second kappa shape index (κ2) is 4.90. The minimum Gasteiger partial charge on any atom is -0.363 e. The van der Waals surface area contributed by atoms with Gasteiger partial charge in [0.1, 0.15) is 6.17 Å². The molecule has 0 radical (unpaired) electrons. The lowest BCUT2D eigenvalue weighted by atomic mass is 9.77. The normalized spacial score (nSPS) is 29.4. The molecule has 4 heteroatoms. The standard InChI is InChI=1S/C16H19ClN2O/c1-3-8-16(11-4-5-11)13-9-12(17)6-7-14(13)18-15(10-20)19(16)2/h3,6-7,9-11,15,18H,1,4-5,8H2,2H3. The molecule has 2 atom stereocenters. The van der Waals surface area contributed by atoms with E-state index in [1.165, 1.54) is 18.4 Å². The Hall–Kier alpha value is -1.32. The molecular formula is C16H19ClN2O. The summed E-state index contributed by atoms with van der Waals surface area (Å²) in [6.45, 7) is 3.92. The van der Waals surface area contributed by atoms with E-state index in [0.29, 0.717) is 5.92 Å². The molecule has 0 spiro atoms. The number of benzene rings is 1. The molecule has 2 unspecified atom stereocenters. The maximum Gasteiger partial charge on any atom is 0.157 e. The van der Waals surface area contributed by atoms with Crippen molar-refractivity contribution in [3.8, 4) is 0 Å². The van der Waals surface area contributed by atoms with Gasteiger partial charge in [-0.25, -0.2) is 0 Å². The Morgan fingerprint density at radius 1 is 1.55 bits per heavy atom. The van der Waals surface area contributed by atoms with Gasteiger partial charge < -0.3 is 5.32 Å². The van der Waals surface area contributed by atoms with Gasteiger partial charge in [-0.05, 0) is 56.0 Å². The molecule has 0 aromatic heterocycles. The van der Waals surface area contributed by atoms with Crippen molar-refractivity contribution in [2.75, 3.05) is 12.4 Å². The number of carbonyl (C=O) groups is 1. The third-order valence-corrected chi connectivity index (χ3v) is 4.87. The van der Waals surface area contributed by atoms with Gasteiger partial charge >= 0.3 is 0 Å². The fourth-order valence-corrected chi connectivity index (χ4v) is 3.70. The van der Waals surface area contributed by atoms with Gasteiger partial charge in [-0.15, -0.1) is 6.58 Å². The van der Waals surface area contributed by atoms with Crippen LogP contribution in [0, 0.1) is 5.92 Å². The molecular weight excluding hydrogens is 272 g/mol. The van der Waals surface area contributed by atoms with Crippen LogP contribution in [0.1, 0.15) is 24.8 Å². The van der Waals surface area contributed by atoms with E-state index in [-0.39, 0.29) is 11.7 Å². The van der Waals surface area contributed by atoms with E-state index in [1.807, 2.05) is 31.3 Å². The van der Waals surface area contributed by atoms with Gasteiger partial charge in [-0.3, -0.25) is 9.69 Å². The van der Waals surface area contributed by atoms with Gasteiger partial charge in [0, 0.05) is 10.7 Å². The van der Waals surface area contributed by atoms with Crippen LogP contribution in [0.4, 0.5) is 5.69 Å². The summed E-state index contributed by atoms with van der Waals surface area (Å²) in [6.07, 6.45) is 5.83. The van der Waals surface area contributed by atoms with Crippen LogP contribution in [0.25, 0.3) is 0 Å². The highest BCUT2D eigenvalue weighted by molar-refractivity contribution is 6.30. The van der Waals surface area contributed by atoms with Crippen molar-refractivity contribution in [1.29, 1.82) is 0 Å². The van der Waals surface area contributed by atoms with Crippen LogP contribution in [0.5, 0.6) is 0 Å². The lowest BCUT2D eigenvalue weighted by molar-refractivity contribution is -0.114. The number of halogens is 1. The summed E-state index contributed by atoms with van der Waals surface area (Å²) in [7, 11) is 2.01. The molecule has 3 rings (SSSR count). The molecule has 2 aliphatic rings. The summed E-state index contributed by atoms with van der Waals surface area (Å²) in [5.74, 6) is 0.562. The van der Waals surface area contributed by atoms with Crippen LogP contribution in [-0.4, -0.2) is 24.4 Å². The van der Waals surface area contributed by atoms with Crippen molar-refractivity contribution in [3.05, 3.63) is 41.4 Å². The number of rotatable bonds is 4. The van der Waals surface area contributed by atoms with Crippen LogP contribution in [0.15, 0.2) is 30.9 Å². The highest BCUT2D eigenvalue weighted by Crippen LogP contribution is 2.55. The zero-order chi connectivity index (χ0) is 14.3. The summed E-state index contributed by atoms with van der Waals surface area (Å²) in [5.41, 5.74) is 2.03. The first-order valence-electron chi connectivity index (χ1n) is 6.99. The summed E-state index contributed by atoms with van der Waals surface area (Å²) >= 11 is 6.21. The maximum atomic E-state index is 11.4. The summed E-state index contributed by atoms with van der Waals surface area (Å²) in [4.78, 5) is 13.6. The quantitative estimate of drug-likeness (QED) is 0.681. The number of nitrogens with zero attached hydrogens (tertiary/aromatic N) is 1. The number of aldehydes is 1. The maximum absolute atomic E-state index is 11.4. The van der Waals surface area contributed by atoms with Crippen LogP contribution in [0.2, 0.25) is 5.02 Å². The minimum atomic E-state index is -0.302. The van der Waals surface area contributed by atoms with Crippen molar-refractivity contribution in [3.63, 3.8) is 0 Å². The number of fused-ring (bicyclic) bond motifs is 1. The summed E-state index contributed by atoms with van der Waals surface area (Å²) in [6, 6.07) is 5.87. The molecule has 1 aliphatic carbocycles. The van der Waals surface area contributed by atoms with Crippen molar-refractivity contribution in [2.45, 2.75) is 31.0 Å². The molecule has 0 bridgehead atoms. The number of hydrogen-bond acceptors (Lipinski definition) is 3. The van der Waals surface area contributed by atoms with E-state index in [4.69, 9.17) is 11.6 Å². The smallest absolute Gasteiger partial charge is 0.157 e. The van der Waals surface area contributed by atoms with E-state index < -0.39 is 0 Å². The molecule has 1 aliphatic heterocycles. The first-order valence-corrected chi connectivity index (χ1v) is 7.37. The zero-order valence-electron chi connectivity index (χ0n) is 11.6. The van der Waals surface area contributed by atoms with E-state index in [9.17, 15) is 4.79 Å². The number of anilines is 1. The number of carbonyl (C=O) groups excluding carboxylic acids is 1. The van der Waals surface area contributed by atoms with Crippen molar-refractivity contribution < 1.29 is 4.79 Å². The highest BCUT2D eigenvalue weighted by Gasteiger charge is 2.53. The SMILES string of the molecule is C=CCC1(C2CC2)c2cc(Cl)ccc2NC(C=O)N1C.